The van der Waals surface area contributed by atoms with Gasteiger partial charge in [-0.3, -0.25) is 0 Å². The van der Waals surface area contributed by atoms with Gasteiger partial charge in [0.2, 0.25) is 5.28 Å². The van der Waals surface area contributed by atoms with Gasteiger partial charge < -0.3 is 24.6 Å². The molecule has 0 bridgehead atoms. The first-order valence-corrected chi connectivity index (χ1v) is 6.42. The van der Waals surface area contributed by atoms with Gasteiger partial charge in [-0.15, -0.1) is 5.01 Å². The van der Waals surface area contributed by atoms with Gasteiger partial charge >= 0.3 is 6.16 Å². The topological polar surface area (TPSA) is 107 Å². The molecule has 0 aromatic rings. The second-order valence-corrected chi connectivity index (χ2v) is 4.31. The normalized spacial score (nSPS) is 11.3. The smallest absolute Gasteiger partial charge is 0.511 e. The first-order valence-electron chi connectivity index (χ1n) is 6.42. The summed E-state index contributed by atoms with van der Waals surface area (Å²) in [7, 11) is 1.55. The van der Waals surface area contributed by atoms with Gasteiger partial charge in [-0.1, -0.05) is 0 Å². The lowest BCUT2D eigenvalue weighted by Crippen LogP contribution is -2.27. The Labute approximate surface area is 118 Å². The highest BCUT2D eigenvalue weighted by Crippen LogP contribution is 1.98. The molecule has 0 aromatic carbocycles. The lowest BCUT2D eigenvalue weighted by atomic mass is 10.2. The molecule has 0 spiro atoms. The molecule has 0 fully saturated rings. The third kappa shape index (κ3) is 10.2. The van der Waals surface area contributed by atoms with Crippen LogP contribution in [0.1, 0.15) is 33.1 Å². The van der Waals surface area contributed by atoms with Crippen LogP contribution in [0.5, 0.6) is 0 Å². The van der Waals surface area contributed by atoms with Gasteiger partial charge in [0.05, 0.1) is 24.7 Å². The maximum Gasteiger partial charge on any atom is 0.511 e. The molecule has 0 radical (unpaired) electrons. The minimum atomic E-state index is -0.884. The number of aliphatic hydroxyl groups is 1. The number of hydrogen-bond donors (Lipinski definition) is 1. The summed E-state index contributed by atoms with van der Waals surface area (Å²) in [5, 5.41) is 24.5. The Morgan fingerprint density at radius 3 is 2.70 bits per heavy atom. The number of hydrogen-bond acceptors (Lipinski definition) is 7. The van der Waals surface area contributed by atoms with Gasteiger partial charge in [0, 0.05) is 6.61 Å². The van der Waals surface area contributed by atoms with Crippen molar-refractivity contribution in [2.75, 3.05) is 27.0 Å². The van der Waals surface area contributed by atoms with Crippen LogP contribution in [0, 0.1) is 5.21 Å². The zero-order valence-corrected chi connectivity index (χ0v) is 12.2. The monoisotopic (exact) mass is 293 g/mol. The molecule has 0 aliphatic heterocycles. The van der Waals surface area contributed by atoms with Crippen molar-refractivity contribution in [1.29, 1.82) is 0 Å². The molecular formula is C11H23N3O6. The van der Waals surface area contributed by atoms with E-state index in [4.69, 9.17) is 5.11 Å². The zero-order valence-electron chi connectivity index (χ0n) is 12.2. The van der Waals surface area contributed by atoms with Crippen LogP contribution < -0.4 is 0 Å². The van der Waals surface area contributed by atoms with Crippen molar-refractivity contribution in [3.63, 3.8) is 0 Å². The molecule has 0 aliphatic rings. The van der Waals surface area contributed by atoms with Gasteiger partial charge in [-0.2, -0.15) is 0 Å². The molecule has 0 saturated carbocycles. The lowest BCUT2D eigenvalue weighted by Gasteiger charge is -2.12. The van der Waals surface area contributed by atoms with Crippen molar-refractivity contribution in [1.82, 2.24) is 5.01 Å². The van der Waals surface area contributed by atoms with E-state index in [2.05, 4.69) is 19.6 Å². The maximum atomic E-state index is 11.4. The van der Waals surface area contributed by atoms with Crippen LogP contribution in [0.15, 0.2) is 5.28 Å². The van der Waals surface area contributed by atoms with Crippen molar-refractivity contribution < 1.29 is 29.2 Å². The van der Waals surface area contributed by atoms with Crippen LogP contribution >= 0.6 is 0 Å². The predicted molar refractivity (Wildman–Crippen MR) is 68.3 cm³/mol. The number of carbonyl (C=O) groups excluding carboxylic acids is 1. The van der Waals surface area contributed by atoms with Gasteiger partial charge in [0.15, 0.2) is 0 Å². The van der Waals surface area contributed by atoms with E-state index in [0.717, 1.165) is 12.8 Å². The SMILES string of the molecule is CC(C)OC(=O)OCO/N=[N+](\[O-])N(C)CCCCCO. The molecule has 0 unspecified atom stereocenters. The highest BCUT2D eigenvalue weighted by molar-refractivity contribution is 5.59. The summed E-state index contributed by atoms with van der Waals surface area (Å²) >= 11 is 0. The van der Waals surface area contributed by atoms with E-state index in [1.807, 2.05) is 0 Å². The highest BCUT2D eigenvalue weighted by Gasteiger charge is 2.08. The number of aliphatic hydroxyl groups excluding tert-OH is 1. The molecule has 0 rings (SSSR count). The Kier molecular flexibility index (Phi) is 10.1. The van der Waals surface area contributed by atoms with E-state index < -0.39 is 12.9 Å². The Morgan fingerprint density at radius 2 is 2.10 bits per heavy atom. The molecule has 9 nitrogen and oxygen atoms in total. The third-order valence-corrected chi connectivity index (χ3v) is 2.12. The largest absolute Gasteiger partial charge is 0.569 e. The summed E-state index contributed by atoms with van der Waals surface area (Å²) in [4.78, 5) is 15.7. The lowest BCUT2D eigenvalue weighted by molar-refractivity contribution is -0.706. The van der Waals surface area contributed by atoms with E-state index in [1.54, 1.807) is 20.9 Å². The van der Waals surface area contributed by atoms with E-state index in [1.165, 1.54) is 5.01 Å². The number of carbonyl (C=O) groups is 1. The fraction of sp³-hybridized carbons (Fsp3) is 0.909. The number of ether oxygens (including phenoxy) is 2. The summed E-state index contributed by atoms with van der Waals surface area (Å²) < 4.78 is 9.18. The van der Waals surface area contributed by atoms with Gasteiger partial charge in [0.1, 0.15) is 0 Å². The number of nitrogens with zero attached hydrogens (tertiary/aromatic N) is 3. The quantitative estimate of drug-likeness (QED) is 0.162. The van der Waals surface area contributed by atoms with E-state index in [-0.39, 0.29) is 17.7 Å². The summed E-state index contributed by atoms with van der Waals surface area (Å²) in [5.74, 6) is 0. The minimum absolute atomic E-state index is 0.141. The standard InChI is InChI=1S/C11H23N3O6/c1-10(2)20-11(16)18-9-19-12-14(17)13(3)7-5-4-6-8-15/h10,15H,4-9H2,1-3H3/b14-12-. The summed E-state index contributed by atoms with van der Waals surface area (Å²) in [6, 6.07) is 0. The maximum absolute atomic E-state index is 11.4. The highest BCUT2D eigenvalue weighted by atomic mass is 16.8. The van der Waals surface area contributed by atoms with Crippen molar-refractivity contribution >= 4 is 6.16 Å². The molecule has 0 aliphatic carbocycles. The van der Waals surface area contributed by atoms with Crippen molar-refractivity contribution in [3.05, 3.63) is 5.21 Å². The summed E-state index contributed by atoms with van der Waals surface area (Å²) in [5.41, 5.74) is 0. The third-order valence-electron chi connectivity index (χ3n) is 2.12. The fourth-order valence-corrected chi connectivity index (χ4v) is 1.15. The first kappa shape index (κ1) is 18.2. The van der Waals surface area contributed by atoms with Gasteiger partial charge in [-0.25, -0.2) is 4.79 Å². The van der Waals surface area contributed by atoms with Crippen LogP contribution in [0.3, 0.4) is 0 Å². The average molecular weight is 293 g/mol. The molecule has 118 valence electrons. The van der Waals surface area contributed by atoms with Crippen molar-refractivity contribution in [2.24, 2.45) is 5.28 Å². The molecule has 9 heteroatoms. The molecule has 0 atom stereocenters. The van der Waals surface area contributed by atoms with Crippen LogP contribution in [-0.4, -0.2) is 54.3 Å². The molecular weight excluding hydrogens is 270 g/mol. The number of hydrazine groups is 1. The second-order valence-electron chi connectivity index (χ2n) is 4.31. The summed E-state index contributed by atoms with van der Waals surface area (Å²) in [6.07, 6.45) is 1.10. The Morgan fingerprint density at radius 1 is 1.40 bits per heavy atom. The zero-order chi connectivity index (χ0) is 15.4. The first-order chi connectivity index (χ1) is 9.47. The number of unbranched alkanes of at least 4 members (excludes halogenated alkanes) is 2. The Balaban J connectivity index is 3.75. The van der Waals surface area contributed by atoms with E-state index >= 15 is 0 Å². The second kappa shape index (κ2) is 11.1. The molecule has 0 saturated heterocycles. The predicted octanol–water partition coefficient (Wildman–Crippen LogP) is 1.41. The molecule has 0 amide bonds. The van der Waals surface area contributed by atoms with Crippen molar-refractivity contribution in [2.45, 2.75) is 39.2 Å². The Bertz CT molecular complexity index is 298. The Hall–Kier alpha value is -1.77. The molecule has 0 heterocycles. The van der Waals surface area contributed by atoms with E-state index in [0.29, 0.717) is 13.0 Å². The fourth-order valence-electron chi connectivity index (χ4n) is 1.15. The summed E-state index contributed by atoms with van der Waals surface area (Å²) in [6.45, 7) is 3.48. The minimum Gasteiger partial charge on any atom is -0.569 e. The van der Waals surface area contributed by atoms with Gasteiger partial charge in [0.25, 0.3) is 6.79 Å². The van der Waals surface area contributed by atoms with Crippen LogP contribution in [0.4, 0.5) is 4.79 Å². The molecule has 0 aromatic heterocycles. The average Bonchev–Trinajstić information content (AvgIpc) is 2.38. The number of rotatable bonds is 10. The van der Waals surface area contributed by atoms with Crippen LogP contribution in [-0.2, 0) is 14.3 Å². The van der Waals surface area contributed by atoms with Crippen LogP contribution in [0.2, 0.25) is 0 Å². The van der Waals surface area contributed by atoms with Crippen molar-refractivity contribution in [3.8, 4) is 0 Å². The molecule has 20 heavy (non-hydrogen) atoms. The van der Waals surface area contributed by atoms with E-state index in [9.17, 15) is 10.0 Å². The molecule has 1 N–H and O–H groups in total. The van der Waals surface area contributed by atoms with Gasteiger partial charge in [-0.05, 0) is 33.1 Å². The van der Waals surface area contributed by atoms with Crippen LogP contribution in [0.25, 0.3) is 0 Å².